The van der Waals surface area contributed by atoms with Crippen molar-refractivity contribution in [1.82, 2.24) is 0 Å². The first-order valence-corrected chi connectivity index (χ1v) is 9.61. The maximum atomic E-state index is 13.3. The van der Waals surface area contributed by atoms with Crippen molar-refractivity contribution in [2.75, 3.05) is 7.11 Å². The number of fused-ring (bicyclic) bond motifs is 1. The molecule has 138 valence electrons. The molecule has 5 rings (SSSR count). The lowest BCUT2D eigenvalue weighted by Gasteiger charge is -2.66. The number of carbonyl (C=O) groups excluding carboxylic acids is 1. The zero-order chi connectivity index (χ0) is 18.6. The zero-order valence-corrected chi connectivity index (χ0v) is 16.6. The van der Waals surface area contributed by atoms with Crippen LogP contribution >= 0.6 is 0 Å². The van der Waals surface area contributed by atoms with Gasteiger partial charge in [0.2, 0.25) is 0 Å². The SMILES string of the molecule is COC1(C2(O)C(C)=CC3C(C4C=CC3(C)C(=O)C4(C)C)C2(C)C)CC1. The molecule has 2 fully saturated rings. The number of methoxy groups -OCH3 is 1. The van der Waals surface area contributed by atoms with Crippen LogP contribution in [0.3, 0.4) is 0 Å². The lowest BCUT2D eigenvalue weighted by molar-refractivity contribution is -0.208. The number of ether oxygens (including phenoxy) is 1. The Morgan fingerprint density at radius 2 is 1.72 bits per heavy atom. The molecule has 0 aromatic heterocycles. The molecule has 3 nitrogen and oxygen atoms in total. The lowest BCUT2D eigenvalue weighted by Crippen LogP contribution is -2.70. The number of aliphatic hydroxyl groups is 1. The van der Waals surface area contributed by atoms with Crippen LogP contribution in [0.25, 0.3) is 0 Å². The minimum Gasteiger partial charge on any atom is -0.382 e. The summed E-state index contributed by atoms with van der Waals surface area (Å²) in [4.78, 5) is 13.3. The molecule has 0 aliphatic heterocycles. The summed E-state index contributed by atoms with van der Waals surface area (Å²) < 4.78 is 5.88. The van der Waals surface area contributed by atoms with Gasteiger partial charge >= 0.3 is 0 Å². The average molecular weight is 344 g/mol. The van der Waals surface area contributed by atoms with E-state index in [1.54, 1.807) is 7.11 Å². The molecule has 0 heterocycles. The molecule has 2 saturated carbocycles. The van der Waals surface area contributed by atoms with Crippen molar-refractivity contribution < 1.29 is 14.6 Å². The van der Waals surface area contributed by atoms with Crippen molar-refractivity contribution in [2.45, 2.75) is 65.6 Å². The molecule has 5 aliphatic rings. The van der Waals surface area contributed by atoms with E-state index >= 15 is 0 Å². The van der Waals surface area contributed by atoms with Crippen molar-refractivity contribution >= 4 is 5.78 Å². The highest BCUT2D eigenvalue weighted by Gasteiger charge is 2.74. The lowest BCUT2D eigenvalue weighted by atomic mass is 9.38. The smallest absolute Gasteiger partial charge is 0.149 e. The molecule has 3 heteroatoms. The topological polar surface area (TPSA) is 46.5 Å². The second-order valence-electron chi connectivity index (χ2n) is 10.3. The number of hydrogen-bond acceptors (Lipinski definition) is 3. The summed E-state index contributed by atoms with van der Waals surface area (Å²) in [7, 11) is 1.72. The molecule has 2 bridgehead atoms. The van der Waals surface area contributed by atoms with Gasteiger partial charge in [-0.05, 0) is 50.0 Å². The molecule has 0 radical (unpaired) electrons. The highest BCUT2D eigenvalue weighted by Crippen LogP contribution is 2.70. The maximum absolute atomic E-state index is 13.3. The first kappa shape index (κ1) is 17.5. The first-order valence-electron chi connectivity index (χ1n) is 9.61. The van der Waals surface area contributed by atoms with Crippen LogP contribution in [0.5, 0.6) is 0 Å². The van der Waals surface area contributed by atoms with Gasteiger partial charge in [0.25, 0.3) is 0 Å². The van der Waals surface area contributed by atoms with E-state index in [1.165, 1.54) is 0 Å². The standard InChI is InChI=1S/C22H32O3/c1-13-12-15-16(14-8-9-20(15,6)17(23)18(14,2)3)19(4,5)22(13,24)21(25-7)10-11-21/h8-9,12,14-16,24H,10-11H2,1-7H3. The van der Waals surface area contributed by atoms with E-state index in [0.717, 1.165) is 18.4 Å². The fraction of sp³-hybridized carbons (Fsp3) is 0.773. The van der Waals surface area contributed by atoms with E-state index in [4.69, 9.17) is 4.74 Å². The fourth-order valence-corrected chi connectivity index (χ4v) is 6.98. The molecular formula is C22H32O3. The Hall–Kier alpha value is -0.930. The molecular weight excluding hydrogens is 312 g/mol. The number of Topliss-reactive ketones (excluding diaryl/α,β-unsaturated/α-hetero) is 1. The molecule has 5 aliphatic carbocycles. The number of hydrogen-bond donors (Lipinski definition) is 1. The van der Waals surface area contributed by atoms with Gasteiger partial charge < -0.3 is 9.84 Å². The van der Waals surface area contributed by atoms with Gasteiger partial charge in [-0.15, -0.1) is 0 Å². The van der Waals surface area contributed by atoms with Crippen LogP contribution < -0.4 is 0 Å². The van der Waals surface area contributed by atoms with Crippen LogP contribution in [0, 0.1) is 34.0 Å². The minimum absolute atomic E-state index is 0.144. The number of ketones is 1. The predicted octanol–water partition coefficient (Wildman–Crippen LogP) is 3.92. The summed E-state index contributed by atoms with van der Waals surface area (Å²) >= 11 is 0. The van der Waals surface area contributed by atoms with E-state index in [0.29, 0.717) is 5.78 Å². The highest BCUT2D eigenvalue weighted by molar-refractivity contribution is 5.94. The van der Waals surface area contributed by atoms with Gasteiger partial charge in [-0.3, -0.25) is 4.79 Å². The third kappa shape index (κ3) is 1.64. The Morgan fingerprint density at radius 1 is 1.12 bits per heavy atom. The predicted molar refractivity (Wildman–Crippen MR) is 98.0 cm³/mol. The minimum atomic E-state index is -0.989. The number of allylic oxidation sites excluding steroid dienone is 3. The Kier molecular flexibility index (Phi) is 3.13. The molecule has 0 amide bonds. The van der Waals surface area contributed by atoms with Crippen molar-refractivity contribution in [2.24, 2.45) is 34.0 Å². The van der Waals surface area contributed by atoms with Crippen LogP contribution in [0.1, 0.15) is 54.4 Å². The third-order valence-electron chi connectivity index (χ3n) is 8.54. The monoisotopic (exact) mass is 344 g/mol. The summed E-state index contributed by atoms with van der Waals surface area (Å²) in [6.45, 7) is 12.7. The molecule has 0 spiro atoms. The van der Waals surface area contributed by atoms with E-state index in [1.807, 2.05) is 6.92 Å². The summed E-state index contributed by atoms with van der Waals surface area (Å²) in [6, 6.07) is 0. The van der Waals surface area contributed by atoms with Crippen LogP contribution in [-0.4, -0.2) is 29.2 Å². The van der Waals surface area contributed by atoms with Crippen LogP contribution in [0.4, 0.5) is 0 Å². The van der Waals surface area contributed by atoms with Gasteiger partial charge in [-0.1, -0.05) is 45.9 Å². The normalized spacial score (nSPS) is 48.1. The molecule has 1 N–H and O–H groups in total. The van der Waals surface area contributed by atoms with Gasteiger partial charge in [0.15, 0.2) is 0 Å². The van der Waals surface area contributed by atoms with Gasteiger partial charge in [-0.2, -0.15) is 0 Å². The zero-order valence-electron chi connectivity index (χ0n) is 16.6. The molecule has 0 aromatic carbocycles. The average Bonchev–Trinajstić information content (AvgIpc) is 3.33. The first-order chi connectivity index (χ1) is 11.4. The number of carbonyl (C=O) groups is 1. The molecule has 5 atom stereocenters. The quantitative estimate of drug-likeness (QED) is 0.773. The van der Waals surface area contributed by atoms with Crippen LogP contribution in [0.2, 0.25) is 0 Å². The Balaban J connectivity index is 1.96. The summed E-state index contributed by atoms with van der Waals surface area (Å²) in [6.07, 6.45) is 8.39. The van der Waals surface area contributed by atoms with Gasteiger partial charge in [0.1, 0.15) is 17.0 Å². The molecule has 0 aromatic rings. The van der Waals surface area contributed by atoms with Crippen LogP contribution in [-0.2, 0) is 9.53 Å². The maximum Gasteiger partial charge on any atom is 0.149 e. The van der Waals surface area contributed by atoms with Gasteiger partial charge in [0, 0.05) is 17.9 Å². The second kappa shape index (κ2) is 4.48. The molecule has 5 unspecified atom stereocenters. The van der Waals surface area contributed by atoms with Gasteiger partial charge in [0.05, 0.1) is 5.41 Å². The highest BCUT2D eigenvalue weighted by atomic mass is 16.5. The third-order valence-corrected chi connectivity index (χ3v) is 8.54. The number of rotatable bonds is 2. The van der Waals surface area contributed by atoms with Crippen LogP contribution in [0.15, 0.2) is 23.8 Å². The largest absolute Gasteiger partial charge is 0.382 e. The van der Waals surface area contributed by atoms with E-state index < -0.39 is 22.0 Å². The van der Waals surface area contributed by atoms with E-state index in [9.17, 15) is 9.90 Å². The molecule has 25 heavy (non-hydrogen) atoms. The fourth-order valence-electron chi connectivity index (χ4n) is 6.98. The second-order valence-corrected chi connectivity index (χ2v) is 10.3. The Morgan fingerprint density at radius 3 is 2.24 bits per heavy atom. The van der Waals surface area contributed by atoms with E-state index in [2.05, 4.69) is 52.8 Å². The van der Waals surface area contributed by atoms with Crippen molar-refractivity contribution in [3.63, 3.8) is 0 Å². The van der Waals surface area contributed by atoms with Crippen molar-refractivity contribution in [3.8, 4) is 0 Å². The van der Waals surface area contributed by atoms with Crippen molar-refractivity contribution in [3.05, 3.63) is 23.8 Å². The van der Waals surface area contributed by atoms with Crippen molar-refractivity contribution in [1.29, 1.82) is 0 Å². The summed E-state index contributed by atoms with van der Waals surface area (Å²) in [5.74, 6) is 0.847. The summed E-state index contributed by atoms with van der Waals surface area (Å²) in [5, 5.41) is 12.0. The molecule has 0 saturated heterocycles. The van der Waals surface area contributed by atoms with Gasteiger partial charge in [-0.25, -0.2) is 0 Å². The summed E-state index contributed by atoms with van der Waals surface area (Å²) in [5.41, 5.74) is -1.74. The Labute approximate surface area is 151 Å². The Bertz CT molecular complexity index is 709. The van der Waals surface area contributed by atoms with E-state index in [-0.39, 0.29) is 23.2 Å².